The minimum absolute atomic E-state index is 0.00470. The van der Waals surface area contributed by atoms with Crippen molar-refractivity contribution in [2.24, 2.45) is 5.92 Å². The number of nitrogens with zero attached hydrogens (tertiary/aromatic N) is 2. The van der Waals surface area contributed by atoms with Crippen LogP contribution in [0.2, 0.25) is 0 Å². The maximum Gasteiger partial charge on any atom is 0.269 e. The third kappa shape index (κ3) is 5.47. The Hall–Kier alpha value is -2.04. The first-order valence-electron chi connectivity index (χ1n) is 9.01. The molecule has 1 aromatic rings. The number of nitro benzene ring substituents is 1. The van der Waals surface area contributed by atoms with E-state index in [0.717, 1.165) is 6.54 Å². The molecule has 0 saturated carbocycles. The highest BCUT2D eigenvalue weighted by Gasteiger charge is 2.33. The van der Waals surface area contributed by atoms with Gasteiger partial charge in [-0.25, -0.2) is 8.42 Å². The van der Waals surface area contributed by atoms with E-state index in [1.165, 1.54) is 28.6 Å². The van der Waals surface area contributed by atoms with E-state index >= 15 is 0 Å². The Labute approximate surface area is 159 Å². The van der Waals surface area contributed by atoms with Gasteiger partial charge in [-0.3, -0.25) is 14.9 Å². The molecule has 1 aliphatic rings. The molecule has 150 valence electrons. The van der Waals surface area contributed by atoms with E-state index in [1.807, 2.05) is 13.8 Å². The van der Waals surface area contributed by atoms with Crippen LogP contribution in [0.1, 0.15) is 26.7 Å². The Kier molecular flexibility index (Phi) is 7.28. The van der Waals surface area contributed by atoms with Crippen LogP contribution in [-0.4, -0.2) is 55.8 Å². The number of likely N-dealkylation sites (N-methyl/N-ethyl adjacent to an activating group) is 1. The van der Waals surface area contributed by atoms with Crippen molar-refractivity contribution in [3.8, 4) is 0 Å². The van der Waals surface area contributed by atoms with Gasteiger partial charge in [-0.15, -0.1) is 0 Å². The van der Waals surface area contributed by atoms with Crippen molar-refractivity contribution < 1.29 is 18.1 Å². The second-order valence-corrected chi connectivity index (χ2v) is 8.60. The molecule has 0 spiro atoms. The number of hydrogen-bond donors (Lipinski definition) is 2. The zero-order valence-corrected chi connectivity index (χ0v) is 16.4. The van der Waals surface area contributed by atoms with Crippen molar-refractivity contribution in [1.82, 2.24) is 14.9 Å². The van der Waals surface area contributed by atoms with Gasteiger partial charge in [0.15, 0.2) is 0 Å². The molecule has 1 unspecified atom stereocenters. The summed E-state index contributed by atoms with van der Waals surface area (Å²) in [7, 11) is -3.79. The molecule has 0 bridgehead atoms. The number of amides is 1. The number of carbonyl (C=O) groups is 1. The predicted molar refractivity (Wildman–Crippen MR) is 101 cm³/mol. The first kappa shape index (κ1) is 21.3. The van der Waals surface area contributed by atoms with Crippen molar-refractivity contribution in [3.05, 3.63) is 34.4 Å². The van der Waals surface area contributed by atoms with Crippen LogP contribution < -0.4 is 10.6 Å². The zero-order valence-electron chi connectivity index (χ0n) is 15.6. The van der Waals surface area contributed by atoms with Crippen LogP contribution >= 0.6 is 0 Å². The molecule has 1 aromatic carbocycles. The molecule has 1 saturated heterocycles. The number of carbonyl (C=O) groups excluding carboxylic acids is 1. The largest absolute Gasteiger partial charge is 0.354 e. The summed E-state index contributed by atoms with van der Waals surface area (Å²) in [6.45, 7) is 5.69. The maximum atomic E-state index is 12.8. The highest BCUT2D eigenvalue weighted by molar-refractivity contribution is 7.89. The summed E-state index contributed by atoms with van der Waals surface area (Å²) in [4.78, 5) is 22.5. The minimum Gasteiger partial charge on any atom is -0.354 e. The normalized spacial score (nSPS) is 19.4. The summed E-state index contributed by atoms with van der Waals surface area (Å²) < 4.78 is 26.9. The zero-order chi connectivity index (χ0) is 20.0. The Morgan fingerprint density at radius 1 is 1.37 bits per heavy atom. The summed E-state index contributed by atoms with van der Waals surface area (Å²) in [5.74, 6) is -0.552. The highest BCUT2D eigenvalue weighted by atomic mass is 32.2. The molecule has 2 N–H and O–H groups in total. The van der Waals surface area contributed by atoms with Gasteiger partial charge < -0.3 is 10.6 Å². The molecular formula is C17H26N4O5S. The molecule has 1 fully saturated rings. The Morgan fingerprint density at radius 3 is 2.63 bits per heavy atom. The third-order valence-electron chi connectivity index (χ3n) is 4.58. The lowest BCUT2D eigenvalue weighted by atomic mass is 9.99. The number of non-ortho nitro benzene ring substituents is 1. The van der Waals surface area contributed by atoms with Crippen LogP contribution in [0.4, 0.5) is 5.69 Å². The summed E-state index contributed by atoms with van der Waals surface area (Å²) >= 11 is 0. The average Bonchev–Trinajstić information content (AvgIpc) is 2.66. The van der Waals surface area contributed by atoms with Crippen LogP contribution in [-0.2, 0) is 14.8 Å². The van der Waals surface area contributed by atoms with E-state index in [2.05, 4.69) is 10.6 Å². The number of rotatable bonds is 8. The summed E-state index contributed by atoms with van der Waals surface area (Å²) in [6, 6.07) is 4.94. The molecule has 1 amide bonds. The van der Waals surface area contributed by atoms with Gasteiger partial charge in [0.05, 0.1) is 15.7 Å². The van der Waals surface area contributed by atoms with Crippen LogP contribution in [0.5, 0.6) is 0 Å². The van der Waals surface area contributed by atoms with Gasteiger partial charge >= 0.3 is 0 Å². The summed E-state index contributed by atoms with van der Waals surface area (Å²) in [5.41, 5.74) is -0.167. The number of hydrogen-bond acceptors (Lipinski definition) is 6. The molecule has 10 heteroatoms. The quantitative estimate of drug-likeness (QED) is 0.500. The Balaban J connectivity index is 2.03. The van der Waals surface area contributed by atoms with E-state index in [4.69, 9.17) is 0 Å². The fraction of sp³-hybridized carbons (Fsp3) is 0.588. The number of benzene rings is 1. The van der Waals surface area contributed by atoms with Crippen molar-refractivity contribution >= 4 is 21.6 Å². The molecular weight excluding hydrogens is 372 g/mol. The summed E-state index contributed by atoms with van der Waals surface area (Å²) in [5, 5.41) is 16.8. The molecule has 1 aliphatic heterocycles. The molecule has 27 heavy (non-hydrogen) atoms. The minimum atomic E-state index is -3.79. The van der Waals surface area contributed by atoms with Crippen molar-refractivity contribution in [3.63, 3.8) is 0 Å². The number of nitro groups is 1. The van der Waals surface area contributed by atoms with E-state index in [9.17, 15) is 23.3 Å². The molecule has 0 radical (unpaired) electrons. The third-order valence-corrected chi connectivity index (χ3v) is 6.45. The maximum absolute atomic E-state index is 12.8. The second-order valence-electron chi connectivity index (χ2n) is 6.66. The van der Waals surface area contributed by atoms with Crippen LogP contribution in [0.25, 0.3) is 0 Å². The number of piperidine rings is 1. The van der Waals surface area contributed by atoms with Gasteiger partial charge in [0.25, 0.3) is 5.69 Å². The lowest BCUT2D eigenvalue weighted by Gasteiger charge is -2.31. The van der Waals surface area contributed by atoms with Crippen molar-refractivity contribution in [2.45, 2.75) is 37.6 Å². The van der Waals surface area contributed by atoms with Gasteiger partial charge in [0.2, 0.25) is 15.9 Å². The first-order chi connectivity index (χ1) is 12.8. The lowest BCUT2D eigenvalue weighted by Crippen LogP contribution is -2.47. The fourth-order valence-electron chi connectivity index (χ4n) is 3.08. The fourth-order valence-corrected chi connectivity index (χ4v) is 4.61. The van der Waals surface area contributed by atoms with Crippen LogP contribution in [0.3, 0.4) is 0 Å². The van der Waals surface area contributed by atoms with Gasteiger partial charge in [-0.2, -0.15) is 4.31 Å². The average molecular weight is 398 g/mol. The van der Waals surface area contributed by atoms with Gasteiger partial charge in [0, 0.05) is 37.8 Å². The molecule has 1 heterocycles. The second kappa shape index (κ2) is 9.25. The molecule has 9 nitrogen and oxygen atoms in total. The van der Waals surface area contributed by atoms with Crippen LogP contribution in [0.15, 0.2) is 29.2 Å². The van der Waals surface area contributed by atoms with E-state index in [-0.39, 0.29) is 29.1 Å². The van der Waals surface area contributed by atoms with Crippen molar-refractivity contribution in [1.29, 1.82) is 0 Å². The monoisotopic (exact) mass is 398 g/mol. The van der Waals surface area contributed by atoms with Gasteiger partial charge in [-0.05, 0) is 38.4 Å². The van der Waals surface area contributed by atoms with E-state index < -0.39 is 20.9 Å². The summed E-state index contributed by atoms with van der Waals surface area (Å²) in [6.07, 6.45) is 1.22. The van der Waals surface area contributed by atoms with E-state index in [0.29, 0.717) is 25.9 Å². The highest BCUT2D eigenvalue weighted by Crippen LogP contribution is 2.25. The topological polar surface area (TPSA) is 122 Å². The Morgan fingerprint density at radius 2 is 2.04 bits per heavy atom. The molecule has 2 rings (SSSR count). The number of nitrogens with one attached hydrogen (secondary N) is 2. The standard InChI is InChI=1S/C17H26N4O5S/c1-3-18-13(2)11-19-17(22)14-5-4-10-20(12-14)27(25,26)16-8-6-15(7-9-16)21(23)24/h6-9,13-14,18H,3-5,10-12H2,1-2H3,(H,19,22)/t13-,14?/m1/s1. The SMILES string of the molecule is CCN[C@H](C)CNC(=O)C1CCCN(S(=O)(=O)c2ccc([N+](=O)[O-])cc2)C1. The van der Waals surface area contributed by atoms with E-state index in [1.54, 1.807) is 0 Å². The van der Waals surface area contributed by atoms with Gasteiger partial charge in [0.1, 0.15) is 0 Å². The molecule has 0 aliphatic carbocycles. The van der Waals surface area contributed by atoms with Crippen molar-refractivity contribution in [2.75, 3.05) is 26.2 Å². The molecule has 2 atom stereocenters. The van der Waals surface area contributed by atoms with Crippen LogP contribution in [0, 0.1) is 16.0 Å². The Bertz CT molecular complexity index is 766. The first-order valence-corrected chi connectivity index (χ1v) is 10.5. The number of sulfonamides is 1. The molecule has 0 aromatic heterocycles. The van der Waals surface area contributed by atoms with Gasteiger partial charge in [-0.1, -0.05) is 6.92 Å². The smallest absolute Gasteiger partial charge is 0.269 e. The predicted octanol–water partition coefficient (Wildman–Crippen LogP) is 1.11. The lowest BCUT2D eigenvalue weighted by molar-refractivity contribution is -0.384.